The minimum Gasteiger partial charge on any atom is -0.481 e. The summed E-state index contributed by atoms with van der Waals surface area (Å²) in [7, 11) is -4.84. The zero-order valence-electron chi connectivity index (χ0n) is 18.2. The molecular formula is C20H40AgO7S-2. The topological polar surface area (TPSA) is 129 Å². The molecule has 3 N–H and O–H groups in total. The summed E-state index contributed by atoms with van der Waals surface area (Å²) in [6, 6.07) is 0. The van der Waals surface area contributed by atoms with Crippen LogP contribution < -0.4 is 0 Å². The molecule has 0 fully saturated rings. The Hall–Kier alpha value is -0.410. The van der Waals surface area contributed by atoms with Gasteiger partial charge in [0, 0.05) is 22.4 Å². The standard InChI is InChI=1S/2C8H17.C4H6O7S.Ag/c2*1-4-6-7-8(3)5-2;5-3(6)1-2(4(7)8)12(9,10)11;/h2*8H,3-7H2,1-2H3;2H,1H2,(H,5,6)(H,7,8)(H,9,10,11);/q2*-1;;. The molecule has 0 spiro atoms. The molecule has 0 aliphatic heterocycles. The number of carboxylic acid groups (broad SMARTS) is 2. The van der Waals surface area contributed by atoms with E-state index in [2.05, 4.69) is 41.5 Å². The van der Waals surface area contributed by atoms with E-state index < -0.39 is 33.7 Å². The largest absolute Gasteiger partial charge is 0.481 e. The Morgan fingerprint density at radius 2 is 1.21 bits per heavy atom. The molecule has 0 aromatic carbocycles. The fraction of sp³-hybridized carbons (Fsp3) is 0.800. The quantitative estimate of drug-likeness (QED) is 0.186. The monoisotopic (exact) mass is 531 g/mol. The smallest absolute Gasteiger partial charge is 0.325 e. The Labute approximate surface area is 193 Å². The Kier molecular flexibility index (Phi) is 27.7. The van der Waals surface area contributed by atoms with Gasteiger partial charge in [-0.25, -0.2) is 0 Å². The molecule has 0 saturated heterocycles. The van der Waals surface area contributed by atoms with Gasteiger partial charge in [-0.05, 0) is 0 Å². The first-order valence-electron chi connectivity index (χ1n) is 9.94. The Morgan fingerprint density at radius 1 is 0.862 bits per heavy atom. The van der Waals surface area contributed by atoms with E-state index >= 15 is 0 Å². The first kappa shape index (κ1) is 36.0. The summed E-state index contributed by atoms with van der Waals surface area (Å²) in [5.41, 5.74) is 0. The summed E-state index contributed by atoms with van der Waals surface area (Å²) in [6.45, 7) is 16.8. The van der Waals surface area contributed by atoms with E-state index in [-0.39, 0.29) is 22.4 Å². The van der Waals surface area contributed by atoms with Crippen molar-refractivity contribution in [2.75, 3.05) is 0 Å². The number of rotatable bonds is 12. The summed E-state index contributed by atoms with van der Waals surface area (Å²) >= 11 is 0. The zero-order chi connectivity index (χ0) is 22.8. The van der Waals surface area contributed by atoms with Crippen LogP contribution in [-0.2, 0) is 42.1 Å². The van der Waals surface area contributed by atoms with Crippen LogP contribution in [0.4, 0.5) is 0 Å². The molecule has 0 heterocycles. The number of carboxylic acids is 2. The second-order valence-electron chi connectivity index (χ2n) is 6.77. The van der Waals surface area contributed by atoms with Crippen molar-refractivity contribution in [1.29, 1.82) is 0 Å². The van der Waals surface area contributed by atoms with E-state index in [4.69, 9.17) is 14.8 Å². The molecular weight excluding hydrogens is 492 g/mol. The maximum atomic E-state index is 10.2. The summed E-state index contributed by atoms with van der Waals surface area (Å²) in [6.07, 6.45) is 9.26. The third kappa shape index (κ3) is 27.6. The number of carbonyl (C=O) groups is 2. The third-order valence-electron chi connectivity index (χ3n) is 4.08. The van der Waals surface area contributed by atoms with Crippen molar-refractivity contribution in [3.05, 3.63) is 13.8 Å². The normalized spacial score (nSPS) is 13.3. The number of unbranched alkanes of at least 4 members (excludes halogenated alkanes) is 2. The van der Waals surface area contributed by atoms with Gasteiger partial charge in [0.05, 0.1) is 6.42 Å². The minimum atomic E-state index is -4.84. The molecule has 9 heteroatoms. The molecule has 0 aromatic heterocycles. The average Bonchev–Trinajstić information content (AvgIpc) is 2.61. The molecule has 3 unspecified atom stereocenters. The van der Waals surface area contributed by atoms with Gasteiger partial charge in [-0.15, -0.1) is 0 Å². The van der Waals surface area contributed by atoms with Crippen molar-refractivity contribution in [3.8, 4) is 0 Å². The number of hydrogen-bond donors (Lipinski definition) is 3. The van der Waals surface area contributed by atoms with Gasteiger partial charge in [-0.1, -0.05) is 79.1 Å². The SMILES string of the molecule is O=C(O)CC(C(=O)O)S(=O)(=O)O.[Ag].[CH2-]C(CC)CCCC.[CH2-]C(CC)CCCC. The predicted octanol–water partition coefficient (Wildman–Crippen LogP) is 4.87. The molecule has 0 aromatic rings. The van der Waals surface area contributed by atoms with Crippen molar-refractivity contribution in [3.63, 3.8) is 0 Å². The molecule has 1 radical (unpaired) electrons. The fourth-order valence-corrected chi connectivity index (χ4v) is 2.48. The van der Waals surface area contributed by atoms with Gasteiger partial charge in [0.2, 0.25) is 0 Å². The van der Waals surface area contributed by atoms with Crippen LogP contribution in [-0.4, -0.2) is 40.4 Å². The summed E-state index contributed by atoms with van der Waals surface area (Å²) in [5, 5.41) is 13.9. The first-order chi connectivity index (χ1) is 12.9. The van der Waals surface area contributed by atoms with Crippen LogP contribution in [0, 0.1) is 25.7 Å². The first-order valence-corrected chi connectivity index (χ1v) is 11.4. The molecule has 0 bridgehead atoms. The van der Waals surface area contributed by atoms with Crippen molar-refractivity contribution >= 4 is 22.1 Å². The van der Waals surface area contributed by atoms with Crippen LogP contribution in [0.1, 0.15) is 85.5 Å². The Morgan fingerprint density at radius 3 is 1.34 bits per heavy atom. The van der Waals surface area contributed by atoms with Gasteiger partial charge in [-0.2, -0.15) is 20.3 Å². The molecule has 0 saturated carbocycles. The van der Waals surface area contributed by atoms with Crippen LogP contribution in [0.3, 0.4) is 0 Å². The summed E-state index contributed by atoms with van der Waals surface area (Å²) < 4.78 is 28.7. The van der Waals surface area contributed by atoms with Crippen molar-refractivity contribution in [1.82, 2.24) is 0 Å². The molecule has 0 aliphatic carbocycles. The van der Waals surface area contributed by atoms with E-state index in [1.165, 1.54) is 51.4 Å². The molecule has 0 aliphatic rings. The molecule has 3 atom stereocenters. The molecule has 7 nitrogen and oxygen atoms in total. The molecule has 0 amide bonds. The zero-order valence-corrected chi connectivity index (χ0v) is 20.5. The van der Waals surface area contributed by atoms with Gasteiger partial charge < -0.3 is 24.1 Å². The van der Waals surface area contributed by atoms with E-state index in [0.717, 1.165) is 0 Å². The predicted molar refractivity (Wildman–Crippen MR) is 113 cm³/mol. The summed E-state index contributed by atoms with van der Waals surface area (Å²) in [4.78, 5) is 20.0. The van der Waals surface area contributed by atoms with Crippen molar-refractivity contribution in [2.45, 2.75) is 90.7 Å². The second kappa shape index (κ2) is 22.3. The van der Waals surface area contributed by atoms with Gasteiger partial charge in [-0.3, -0.25) is 14.1 Å². The van der Waals surface area contributed by atoms with E-state index in [0.29, 0.717) is 11.8 Å². The van der Waals surface area contributed by atoms with Gasteiger partial charge in [0.25, 0.3) is 10.1 Å². The van der Waals surface area contributed by atoms with E-state index in [1.54, 1.807) is 0 Å². The maximum Gasteiger partial charge on any atom is 0.325 e. The molecule has 0 rings (SSSR count). The van der Waals surface area contributed by atoms with Gasteiger partial charge >= 0.3 is 11.9 Å². The second-order valence-corrected chi connectivity index (χ2v) is 8.37. The maximum absolute atomic E-state index is 10.2. The number of hydrogen-bond acceptors (Lipinski definition) is 4. The fourth-order valence-electron chi connectivity index (χ4n) is 1.87. The van der Waals surface area contributed by atoms with Crippen LogP contribution in [0.15, 0.2) is 0 Å². The Balaban J connectivity index is -0.000000164. The van der Waals surface area contributed by atoms with Crippen LogP contribution >= 0.6 is 0 Å². The minimum absolute atomic E-state index is 0. The third-order valence-corrected chi connectivity index (χ3v) is 5.17. The molecule has 29 heavy (non-hydrogen) atoms. The van der Waals surface area contributed by atoms with Gasteiger partial charge in [0.15, 0.2) is 5.25 Å². The average molecular weight is 532 g/mol. The van der Waals surface area contributed by atoms with E-state index in [1.807, 2.05) is 0 Å². The summed E-state index contributed by atoms with van der Waals surface area (Å²) in [5.74, 6) is -2.09. The van der Waals surface area contributed by atoms with Crippen LogP contribution in [0.2, 0.25) is 0 Å². The van der Waals surface area contributed by atoms with Crippen molar-refractivity contribution in [2.24, 2.45) is 11.8 Å². The van der Waals surface area contributed by atoms with Crippen molar-refractivity contribution < 1.29 is 55.2 Å². The van der Waals surface area contributed by atoms with Crippen LogP contribution in [0.5, 0.6) is 0 Å². The molecule has 181 valence electrons. The Bertz CT molecular complexity index is 481. The van der Waals surface area contributed by atoms with E-state index in [9.17, 15) is 18.0 Å². The van der Waals surface area contributed by atoms with Gasteiger partial charge in [0.1, 0.15) is 0 Å². The number of aliphatic carboxylic acids is 2. The van der Waals surface area contributed by atoms with Crippen LogP contribution in [0.25, 0.3) is 0 Å².